The number of amides is 1. The third kappa shape index (κ3) is 2.84. The zero-order valence-electron chi connectivity index (χ0n) is 11.8. The summed E-state index contributed by atoms with van der Waals surface area (Å²) in [6.07, 6.45) is 6.81. The Bertz CT molecular complexity index is 297. The number of rotatable bonds is 4. The van der Waals surface area contributed by atoms with Gasteiger partial charge < -0.3 is 4.90 Å². The van der Waals surface area contributed by atoms with Gasteiger partial charge in [-0.05, 0) is 37.5 Å². The van der Waals surface area contributed by atoms with Crippen LogP contribution in [0.1, 0.15) is 52.4 Å². The molecule has 1 atom stereocenters. The minimum absolute atomic E-state index is 0.0324. The minimum Gasteiger partial charge on any atom is -0.342 e. The Morgan fingerprint density at radius 1 is 1.39 bits per heavy atom. The highest BCUT2D eigenvalue weighted by atomic mass is 35.5. The van der Waals surface area contributed by atoms with Crippen molar-refractivity contribution in [2.75, 3.05) is 19.0 Å². The summed E-state index contributed by atoms with van der Waals surface area (Å²) in [5, 5.41) is 0. The monoisotopic (exact) mass is 271 g/mol. The quantitative estimate of drug-likeness (QED) is 0.715. The van der Waals surface area contributed by atoms with Crippen LogP contribution in [-0.4, -0.2) is 29.8 Å². The maximum atomic E-state index is 12.8. The molecule has 0 radical (unpaired) electrons. The maximum Gasteiger partial charge on any atom is 0.228 e. The molecule has 3 heteroatoms. The number of carbonyl (C=O) groups is 1. The van der Waals surface area contributed by atoms with E-state index in [-0.39, 0.29) is 5.41 Å². The summed E-state index contributed by atoms with van der Waals surface area (Å²) in [6, 6.07) is 0. The minimum atomic E-state index is -0.0324. The summed E-state index contributed by atoms with van der Waals surface area (Å²) >= 11 is 5.92. The fourth-order valence-corrected chi connectivity index (χ4v) is 4.07. The van der Waals surface area contributed by atoms with Crippen molar-refractivity contribution in [3.63, 3.8) is 0 Å². The van der Waals surface area contributed by atoms with E-state index in [1.807, 2.05) is 0 Å². The lowest BCUT2D eigenvalue weighted by molar-refractivity contribution is -0.142. The van der Waals surface area contributed by atoms with E-state index in [1.165, 1.54) is 12.8 Å². The first kappa shape index (κ1) is 14.2. The van der Waals surface area contributed by atoms with Gasteiger partial charge in [0.2, 0.25) is 5.91 Å². The van der Waals surface area contributed by atoms with Crippen LogP contribution in [0.5, 0.6) is 0 Å². The molecule has 104 valence electrons. The molecule has 0 aromatic carbocycles. The predicted molar refractivity (Wildman–Crippen MR) is 75.8 cm³/mol. The van der Waals surface area contributed by atoms with Crippen molar-refractivity contribution in [3.8, 4) is 0 Å². The lowest BCUT2D eigenvalue weighted by Crippen LogP contribution is -2.42. The summed E-state index contributed by atoms with van der Waals surface area (Å²) in [6.45, 7) is 6.29. The second-order valence-electron chi connectivity index (χ2n) is 6.65. The number of hydrogen-bond donors (Lipinski definition) is 0. The van der Waals surface area contributed by atoms with Crippen LogP contribution in [0.4, 0.5) is 0 Å². The Balaban J connectivity index is 2.05. The zero-order chi connectivity index (χ0) is 13.2. The molecule has 2 nitrogen and oxygen atoms in total. The van der Waals surface area contributed by atoms with Crippen molar-refractivity contribution in [2.24, 2.45) is 17.3 Å². The Morgan fingerprint density at radius 3 is 2.56 bits per heavy atom. The van der Waals surface area contributed by atoms with Crippen molar-refractivity contribution in [3.05, 3.63) is 0 Å². The Morgan fingerprint density at radius 2 is 2.06 bits per heavy atom. The van der Waals surface area contributed by atoms with E-state index in [0.29, 0.717) is 23.6 Å². The molecule has 0 aromatic heterocycles. The summed E-state index contributed by atoms with van der Waals surface area (Å²) in [4.78, 5) is 14.9. The van der Waals surface area contributed by atoms with Gasteiger partial charge in [0.15, 0.2) is 0 Å². The van der Waals surface area contributed by atoms with E-state index in [2.05, 4.69) is 18.7 Å². The van der Waals surface area contributed by atoms with Gasteiger partial charge in [-0.1, -0.05) is 26.7 Å². The fraction of sp³-hybridized carbons (Fsp3) is 0.933. The first-order valence-electron chi connectivity index (χ1n) is 7.43. The van der Waals surface area contributed by atoms with Crippen LogP contribution in [0, 0.1) is 17.3 Å². The molecule has 1 saturated heterocycles. The highest BCUT2D eigenvalue weighted by Crippen LogP contribution is 2.45. The Hall–Kier alpha value is -0.240. The van der Waals surface area contributed by atoms with Crippen molar-refractivity contribution in [1.29, 1.82) is 0 Å². The Labute approximate surface area is 116 Å². The standard InChI is InChI=1S/C15H26ClNO/c1-12(2)9-15(6-3-4-7-15)14(18)17-8-5-13(10-16)11-17/h12-13H,3-11H2,1-2H3. The molecule has 1 saturated carbocycles. The summed E-state index contributed by atoms with van der Waals surface area (Å²) < 4.78 is 0. The average molecular weight is 272 g/mol. The summed E-state index contributed by atoms with van der Waals surface area (Å²) in [5.41, 5.74) is -0.0324. The van der Waals surface area contributed by atoms with Crippen LogP contribution in [0.15, 0.2) is 0 Å². The zero-order valence-corrected chi connectivity index (χ0v) is 12.5. The first-order valence-corrected chi connectivity index (χ1v) is 7.96. The number of likely N-dealkylation sites (tertiary alicyclic amines) is 1. The third-order valence-corrected chi connectivity index (χ3v) is 5.04. The number of alkyl halides is 1. The number of nitrogens with zero attached hydrogens (tertiary/aromatic N) is 1. The summed E-state index contributed by atoms with van der Waals surface area (Å²) in [5.74, 6) is 2.26. The van der Waals surface area contributed by atoms with Crippen LogP contribution >= 0.6 is 11.6 Å². The van der Waals surface area contributed by atoms with E-state index < -0.39 is 0 Å². The van der Waals surface area contributed by atoms with Crippen LogP contribution in [0.25, 0.3) is 0 Å². The van der Waals surface area contributed by atoms with Crippen LogP contribution in [0.2, 0.25) is 0 Å². The van der Waals surface area contributed by atoms with Crippen molar-refractivity contribution in [1.82, 2.24) is 4.90 Å². The average Bonchev–Trinajstić information content (AvgIpc) is 2.96. The normalized spacial score (nSPS) is 27.1. The second kappa shape index (κ2) is 5.81. The van der Waals surface area contributed by atoms with E-state index >= 15 is 0 Å². The highest BCUT2D eigenvalue weighted by Gasteiger charge is 2.44. The van der Waals surface area contributed by atoms with Gasteiger partial charge in [0.25, 0.3) is 0 Å². The molecule has 1 aliphatic heterocycles. The third-order valence-electron chi connectivity index (χ3n) is 4.60. The van der Waals surface area contributed by atoms with Gasteiger partial charge in [0.1, 0.15) is 0 Å². The molecule has 0 N–H and O–H groups in total. The van der Waals surface area contributed by atoms with Gasteiger partial charge in [-0.15, -0.1) is 11.6 Å². The lowest BCUT2D eigenvalue weighted by atomic mass is 9.77. The second-order valence-corrected chi connectivity index (χ2v) is 6.95. The lowest BCUT2D eigenvalue weighted by Gasteiger charge is -2.33. The highest BCUT2D eigenvalue weighted by molar-refractivity contribution is 6.18. The van der Waals surface area contributed by atoms with Crippen LogP contribution < -0.4 is 0 Å². The number of halogens is 1. The van der Waals surface area contributed by atoms with Gasteiger partial charge in [-0.3, -0.25) is 4.79 Å². The molecular formula is C15H26ClNO. The topological polar surface area (TPSA) is 20.3 Å². The molecule has 2 aliphatic rings. The van der Waals surface area contributed by atoms with Crippen LogP contribution in [-0.2, 0) is 4.79 Å². The van der Waals surface area contributed by atoms with E-state index in [4.69, 9.17) is 11.6 Å². The van der Waals surface area contributed by atoms with E-state index in [9.17, 15) is 4.79 Å². The fourth-order valence-electron chi connectivity index (χ4n) is 3.82. The molecule has 0 spiro atoms. The SMILES string of the molecule is CC(C)CC1(C(=O)N2CCC(CCl)C2)CCCC1. The van der Waals surface area contributed by atoms with Gasteiger partial charge in [0.05, 0.1) is 0 Å². The molecule has 1 heterocycles. The molecule has 18 heavy (non-hydrogen) atoms. The molecule has 1 unspecified atom stereocenters. The van der Waals surface area contributed by atoms with Crippen molar-refractivity contribution in [2.45, 2.75) is 52.4 Å². The molecule has 1 aliphatic carbocycles. The van der Waals surface area contributed by atoms with Crippen molar-refractivity contribution < 1.29 is 4.79 Å². The van der Waals surface area contributed by atoms with Gasteiger partial charge in [-0.25, -0.2) is 0 Å². The largest absolute Gasteiger partial charge is 0.342 e. The first-order chi connectivity index (χ1) is 8.57. The van der Waals surface area contributed by atoms with Crippen molar-refractivity contribution >= 4 is 17.5 Å². The Kier molecular flexibility index (Phi) is 4.58. The molecule has 0 bridgehead atoms. The number of hydrogen-bond acceptors (Lipinski definition) is 1. The molecule has 0 aromatic rings. The summed E-state index contributed by atoms with van der Waals surface area (Å²) in [7, 11) is 0. The van der Waals surface area contributed by atoms with E-state index in [0.717, 1.165) is 38.8 Å². The number of carbonyl (C=O) groups excluding carboxylic acids is 1. The predicted octanol–water partition coefficient (Wildman–Crippen LogP) is 3.68. The molecule has 1 amide bonds. The maximum absolute atomic E-state index is 12.8. The van der Waals surface area contributed by atoms with Gasteiger partial charge in [0, 0.05) is 24.4 Å². The van der Waals surface area contributed by atoms with Gasteiger partial charge >= 0.3 is 0 Å². The molecule has 2 rings (SSSR count). The smallest absolute Gasteiger partial charge is 0.228 e. The van der Waals surface area contributed by atoms with Gasteiger partial charge in [-0.2, -0.15) is 0 Å². The van der Waals surface area contributed by atoms with E-state index in [1.54, 1.807) is 0 Å². The van der Waals surface area contributed by atoms with Crippen LogP contribution in [0.3, 0.4) is 0 Å². The molecular weight excluding hydrogens is 246 g/mol. The molecule has 2 fully saturated rings.